The molecule has 25 heavy (non-hydrogen) atoms. The Morgan fingerprint density at radius 1 is 1.28 bits per heavy atom. The second-order valence-corrected chi connectivity index (χ2v) is 5.03. The fourth-order valence-corrected chi connectivity index (χ4v) is 1.98. The highest BCUT2D eigenvalue weighted by molar-refractivity contribution is 5.94. The number of methoxy groups -OCH3 is 1. The number of ether oxygens (including phenoxy) is 2. The van der Waals surface area contributed by atoms with Gasteiger partial charge in [-0.3, -0.25) is 14.9 Å². The van der Waals surface area contributed by atoms with Crippen LogP contribution in [0.4, 0.5) is 11.4 Å². The average molecular weight is 341 g/mol. The predicted octanol–water partition coefficient (Wildman–Crippen LogP) is 2.88. The number of hydrogen-bond donors (Lipinski definition) is 1. The lowest BCUT2D eigenvalue weighted by atomic mass is 10.2. The van der Waals surface area contributed by atoms with E-state index in [1.165, 1.54) is 32.2 Å². The van der Waals surface area contributed by atoms with Crippen molar-refractivity contribution in [2.24, 2.45) is 0 Å². The Morgan fingerprint density at radius 3 is 2.52 bits per heavy atom. The average Bonchev–Trinajstić information content (AvgIpc) is 2.62. The fraction of sp³-hybridized carbons (Fsp3) is 0.176. The molecule has 1 amide bonds. The maximum atomic E-state index is 12.2. The Balaban J connectivity index is 2.10. The Morgan fingerprint density at radius 2 is 1.96 bits per heavy atom. The van der Waals surface area contributed by atoms with Crippen LogP contribution < -0.4 is 14.8 Å². The van der Waals surface area contributed by atoms with E-state index in [1.807, 2.05) is 6.07 Å². The van der Waals surface area contributed by atoms with Crippen LogP contribution in [0.1, 0.15) is 12.5 Å². The first-order valence-corrected chi connectivity index (χ1v) is 7.24. The smallest absolute Gasteiger partial charge is 0.314 e. The second-order valence-electron chi connectivity index (χ2n) is 5.03. The maximum Gasteiger partial charge on any atom is 0.314 e. The molecule has 128 valence electrons. The van der Waals surface area contributed by atoms with Crippen molar-refractivity contribution in [3.8, 4) is 17.6 Å². The summed E-state index contributed by atoms with van der Waals surface area (Å²) in [6.45, 7) is 1.48. The summed E-state index contributed by atoms with van der Waals surface area (Å²) in [5.41, 5.74) is 0.664. The lowest BCUT2D eigenvalue weighted by molar-refractivity contribution is -0.386. The van der Waals surface area contributed by atoms with Gasteiger partial charge in [0.25, 0.3) is 5.91 Å². The molecule has 0 spiro atoms. The van der Waals surface area contributed by atoms with Gasteiger partial charge < -0.3 is 14.8 Å². The third kappa shape index (κ3) is 4.45. The van der Waals surface area contributed by atoms with Gasteiger partial charge in [-0.15, -0.1) is 0 Å². The highest BCUT2D eigenvalue weighted by Gasteiger charge is 2.22. The summed E-state index contributed by atoms with van der Waals surface area (Å²) in [5.74, 6) is -0.197. The van der Waals surface area contributed by atoms with Crippen molar-refractivity contribution in [1.82, 2.24) is 0 Å². The molecule has 2 aromatic rings. The van der Waals surface area contributed by atoms with E-state index in [0.717, 1.165) is 0 Å². The van der Waals surface area contributed by atoms with E-state index in [1.54, 1.807) is 24.3 Å². The van der Waals surface area contributed by atoms with Crippen molar-refractivity contribution in [3.05, 3.63) is 58.1 Å². The molecule has 2 rings (SSSR count). The number of amides is 1. The monoisotopic (exact) mass is 341 g/mol. The molecule has 0 unspecified atom stereocenters. The molecular formula is C17H15N3O5. The first-order chi connectivity index (χ1) is 11.9. The molecule has 0 aliphatic heterocycles. The van der Waals surface area contributed by atoms with Crippen molar-refractivity contribution in [1.29, 1.82) is 5.26 Å². The molecule has 8 nitrogen and oxygen atoms in total. The van der Waals surface area contributed by atoms with E-state index in [-0.39, 0.29) is 11.4 Å². The van der Waals surface area contributed by atoms with Gasteiger partial charge in [-0.1, -0.05) is 0 Å². The van der Waals surface area contributed by atoms with Gasteiger partial charge in [0, 0.05) is 5.69 Å². The molecule has 0 saturated heterocycles. The summed E-state index contributed by atoms with van der Waals surface area (Å²) in [4.78, 5) is 22.7. The molecular weight excluding hydrogens is 326 g/mol. The summed E-state index contributed by atoms with van der Waals surface area (Å²) in [5, 5.41) is 22.5. The van der Waals surface area contributed by atoms with Gasteiger partial charge in [0.05, 0.1) is 29.7 Å². The second kappa shape index (κ2) is 7.79. The van der Waals surface area contributed by atoms with Crippen molar-refractivity contribution in [3.63, 3.8) is 0 Å². The van der Waals surface area contributed by atoms with Crippen LogP contribution in [0.15, 0.2) is 42.5 Å². The van der Waals surface area contributed by atoms with Crippen LogP contribution in [-0.4, -0.2) is 24.0 Å². The number of carbonyl (C=O) groups excluding carboxylic acids is 1. The minimum Gasteiger partial charge on any atom is -0.496 e. The number of rotatable bonds is 6. The number of nitrogens with zero attached hydrogens (tertiary/aromatic N) is 2. The van der Waals surface area contributed by atoms with Gasteiger partial charge in [-0.2, -0.15) is 5.26 Å². The molecule has 8 heteroatoms. The molecule has 0 bridgehead atoms. The Hall–Kier alpha value is -3.60. The molecule has 0 fully saturated rings. The highest BCUT2D eigenvalue weighted by Crippen LogP contribution is 2.31. The predicted molar refractivity (Wildman–Crippen MR) is 89.5 cm³/mol. The highest BCUT2D eigenvalue weighted by atomic mass is 16.6. The van der Waals surface area contributed by atoms with Crippen molar-refractivity contribution >= 4 is 17.3 Å². The summed E-state index contributed by atoms with van der Waals surface area (Å²) in [6.07, 6.45) is -0.970. The van der Waals surface area contributed by atoms with Gasteiger partial charge in [0.2, 0.25) is 0 Å². The van der Waals surface area contributed by atoms with Crippen molar-refractivity contribution < 1.29 is 19.2 Å². The summed E-state index contributed by atoms with van der Waals surface area (Å²) in [6, 6.07) is 12.4. The summed E-state index contributed by atoms with van der Waals surface area (Å²) < 4.78 is 10.4. The van der Waals surface area contributed by atoms with Gasteiger partial charge in [-0.25, -0.2) is 0 Å². The number of benzene rings is 2. The SMILES string of the molecule is COc1ccc(O[C@@H](C)C(=O)Nc2ccc(C#N)cc2)c([N+](=O)[O-])c1. The zero-order chi connectivity index (χ0) is 18.4. The molecule has 0 aliphatic rings. The molecule has 0 radical (unpaired) electrons. The number of nitriles is 1. The van der Waals surface area contributed by atoms with E-state index in [4.69, 9.17) is 14.7 Å². The number of nitrogens with one attached hydrogen (secondary N) is 1. The van der Waals surface area contributed by atoms with Gasteiger partial charge in [0.15, 0.2) is 11.9 Å². The third-order valence-corrected chi connectivity index (χ3v) is 3.32. The van der Waals surface area contributed by atoms with Gasteiger partial charge in [-0.05, 0) is 43.3 Å². The fourth-order valence-electron chi connectivity index (χ4n) is 1.98. The Kier molecular flexibility index (Phi) is 5.53. The lowest BCUT2D eigenvalue weighted by Gasteiger charge is -2.15. The minimum absolute atomic E-state index is 0.0340. The van der Waals surface area contributed by atoms with Crippen LogP contribution in [0.2, 0.25) is 0 Å². The third-order valence-electron chi connectivity index (χ3n) is 3.32. The zero-order valence-electron chi connectivity index (χ0n) is 13.6. The largest absolute Gasteiger partial charge is 0.496 e. The molecule has 0 heterocycles. The Bertz CT molecular complexity index is 827. The van der Waals surface area contributed by atoms with Crippen LogP contribution in [0.5, 0.6) is 11.5 Å². The number of nitro benzene ring substituents is 1. The van der Waals surface area contributed by atoms with E-state index in [0.29, 0.717) is 17.0 Å². The molecule has 1 N–H and O–H groups in total. The van der Waals surface area contributed by atoms with Crippen LogP contribution in [0.3, 0.4) is 0 Å². The lowest BCUT2D eigenvalue weighted by Crippen LogP contribution is -2.30. The van der Waals surface area contributed by atoms with Crippen LogP contribution in [-0.2, 0) is 4.79 Å². The summed E-state index contributed by atoms with van der Waals surface area (Å²) >= 11 is 0. The van der Waals surface area contributed by atoms with E-state index in [9.17, 15) is 14.9 Å². The van der Waals surface area contributed by atoms with Crippen LogP contribution >= 0.6 is 0 Å². The molecule has 0 aliphatic carbocycles. The summed E-state index contributed by atoms with van der Waals surface area (Å²) in [7, 11) is 1.40. The van der Waals surface area contributed by atoms with E-state index < -0.39 is 16.9 Å². The number of nitro groups is 1. The number of carbonyl (C=O) groups is 1. The molecule has 2 aromatic carbocycles. The number of anilines is 1. The van der Waals surface area contributed by atoms with Crippen molar-refractivity contribution in [2.45, 2.75) is 13.0 Å². The standard InChI is InChI=1S/C17H15N3O5/c1-11(17(21)19-13-5-3-12(10-18)4-6-13)25-16-8-7-14(24-2)9-15(16)20(22)23/h3-9,11H,1-2H3,(H,19,21)/t11-/m0/s1. The van der Waals surface area contributed by atoms with Crippen LogP contribution in [0, 0.1) is 21.4 Å². The van der Waals surface area contributed by atoms with Crippen molar-refractivity contribution in [2.75, 3.05) is 12.4 Å². The first-order valence-electron chi connectivity index (χ1n) is 7.24. The zero-order valence-corrected chi connectivity index (χ0v) is 13.6. The van der Waals surface area contributed by atoms with Crippen LogP contribution in [0.25, 0.3) is 0 Å². The van der Waals surface area contributed by atoms with E-state index >= 15 is 0 Å². The van der Waals surface area contributed by atoms with Gasteiger partial charge in [0.1, 0.15) is 5.75 Å². The molecule has 0 aromatic heterocycles. The Labute approximate surface area is 143 Å². The molecule has 1 atom stereocenters. The van der Waals surface area contributed by atoms with Gasteiger partial charge >= 0.3 is 5.69 Å². The maximum absolute atomic E-state index is 12.2. The quantitative estimate of drug-likeness (QED) is 0.638. The number of hydrogen-bond acceptors (Lipinski definition) is 6. The van der Waals surface area contributed by atoms with E-state index in [2.05, 4.69) is 5.32 Å². The molecule has 0 saturated carbocycles. The normalized spacial score (nSPS) is 11.1. The topological polar surface area (TPSA) is 114 Å². The first kappa shape index (κ1) is 17.7. The minimum atomic E-state index is -0.970.